The Morgan fingerprint density at radius 2 is 1.80 bits per heavy atom. The van der Waals surface area contributed by atoms with Gasteiger partial charge in [-0.3, -0.25) is 5.10 Å². The van der Waals surface area contributed by atoms with Crippen molar-refractivity contribution in [3.63, 3.8) is 0 Å². The lowest BCUT2D eigenvalue weighted by atomic mass is 10.2. The Bertz CT molecular complexity index is 923. The van der Waals surface area contributed by atoms with Gasteiger partial charge < -0.3 is 16.6 Å². The van der Waals surface area contributed by atoms with E-state index >= 15 is 0 Å². The number of anilines is 2. The number of carbonyl (C=O) groups is 1. The summed E-state index contributed by atoms with van der Waals surface area (Å²) < 4.78 is 31.7. The molecular formula is C14H13F3N6O2. The number of nitrogens with one attached hydrogen (secondary N) is 1. The monoisotopic (exact) mass is 354 g/mol. The molecule has 0 fully saturated rings. The van der Waals surface area contributed by atoms with Crippen LogP contribution in [-0.4, -0.2) is 37.4 Å². The molecule has 0 saturated carbocycles. The summed E-state index contributed by atoms with van der Waals surface area (Å²) in [5, 5.41) is 15.0. The maximum Gasteiger partial charge on any atom is 0.490 e. The van der Waals surface area contributed by atoms with Gasteiger partial charge in [-0.2, -0.15) is 18.3 Å². The van der Waals surface area contributed by atoms with Crippen LogP contribution in [0.1, 0.15) is 5.69 Å². The van der Waals surface area contributed by atoms with Crippen LogP contribution in [-0.2, 0) is 4.79 Å². The normalized spacial score (nSPS) is 11.0. The van der Waals surface area contributed by atoms with Crippen LogP contribution in [0.5, 0.6) is 0 Å². The van der Waals surface area contributed by atoms with E-state index in [1.165, 1.54) is 0 Å². The summed E-state index contributed by atoms with van der Waals surface area (Å²) in [7, 11) is 0. The number of carboxylic acids is 1. The molecule has 0 amide bonds. The molecule has 8 nitrogen and oxygen atoms in total. The predicted octanol–water partition coefficient (Wildman–Crippen LogP) is 2.13. The number of hydrogen-bond donors (Lipinski definition) is 4. The second-order valence-electron chi connectivity index (χ2n) is 4.93. The maximum atomic E-state index is 10.6. The van der Waals surface area contributed by atoms with Crippen LogP contribution in [0.15, 0.2) is 24.3 Å². The third-order valence-electron chi connectivity index (χ3n) is 2.95. The molecule has 6 N–H and O–H groups in total. The second kappa shape index (κ2) is 6.63. The van der Waals surface area contributed by atoms with Gasteiger partial charge >= 0.3 is 12.1 Å². The number of nitrogen functional groups attached to an aromatic ring is 2. The van der Waals surface area contributed by atoms with Gasteiger partial charge in [0.1, 0.15) is 17.3 Å². The maximum absolute atomic E-state index is 10.6. The first kappa shape index (κ1) is 18.0. The molecule has 3 aromatic heterocycles. The Morgan fingerprint density at radius 1 is 1.16 bits per heavy atom. The molecule has 11 heteroatoms. The molecule has 132 valence electrons. The molecule has 0 atom stereocenters. The van der Waals surface area contributed by atoms with Crippen LogP contribution in [0.4, 0.5) is 24.8 Å². The Morgan fingerprint density at radius 3 is 2.32 bits per heavy atom. The number of carboxylic acid groups (broad SMARTS) is 1. The van der Waals surface area contributed by atoms with E-state index in [2.05, 4.69) is 20.2 Å². The lowest BCUT2D eigenvalue weighted by molar-refractivity contribution is -0.192. The van der Waals surface area contributed by atoms with Crippen LogP contribution in [0.25, 0.3) is 22.3 Å². The van der Waals surface area contributed by atoms with Gasteiger partial charge in [0.25, 0.3) is 0 Å². The van der Waals surface area contributed by atoms with Gasteiger partial charge in [0.15, 0.2) is 0 Å². The van der Waals surface area contributed by atoms with Crippen molar-refractivity contribution < 1.29 is 23.1 Å². The Labute approximate surface area is 138 Å². The zero-order valence-electron chi connectivity index (χ0n) is 12.8. The second-order valence-corrected chi connectivity index (χ2v) is 4.93. The largest absolute Gasteiger partial charge is 0.490 e. The van der Waals surface area contributed by atoms with E-state index in [0.29, 0.717) is 11.6 Å². The number of halogens is 3. The molecule has 0 aliphatic carbocycles. The smallest absolute Gasteiger partial charge is 0.475 e. The van der Waals surface area contributed by atoms with E-state index in [-0.39, 0.29) is 0 Å². The average Bonchev–Trinajstić information content (AvgIpc) is 2.92. The number of aromatic nitrogens is 4. The highest BCUT2D eigenvalue weighted by Gasteiger charge is 2.38. The summed E-state index contributed by atoms with van der Waals surface area (Å²) in [5.41, 5.74) is 14.7. The quantitative estimate of drug-likeness (QED) is 0.524. The summed E-state index contributed by atoms with van der Waals surface area (Å²) in [6.07, 6.45) is -5.08. The summed E-state index contributed by atoms with van der Waals surface area (Å²) in [5.74, 6) is -2.00. The molecule has 3 rings (SSSR count). The first-order chi connectivity index (χ1) is 11.6. The van der Waals surface area contributed by atoms with Gasteiger partial charge in [-0.25, -0.2) is 14.8 Å². The van der Waals surface area contributed by atoms with Gasteiger partial charge in [-0.15, -0.1) is 0 Å². The van der Waals surface area contributed by atoms with Crippen molar-refractivity contribution in [2.75, 3.05) is 11.5 Å². The van der Waals surface area contributed by atoms with Crippen molar-refractivity contribution >= 4 is 28.5 Å². The number of alkyl halides is 3. The predicted molar refractivity (Wildman–Crippen MR) is 84.4 cm³/mol. The fourth-order valence-corrected chi connectivity index (χ4v) is 1.87. The topological polar surface area (TPSA) is 144 Å². The van der Waals surface area contributed by atoms with Crippen LogP contribution in [0.2, 0.25) is 0 Å². The van der Waals surface area contributed by atoms with Crippen LogP contribution in [0.3, 0.4) is 0 Å². The van der Waals surface area contributed by atoms with E-state index in [9.17, 15) is 13.2 Å². The zero-order valence-corrected chi connectivity index (χ0v) is 12.8. The van der Waals surface area contributed by atoms with Crippen molar-refractivity contribution in [2.24, 2.45) is 0 Å². The molecule has 0 aliphatic rings. The zero-order chi connectivity index (χ0) is 18.8. The van der Waals surface area contributed by atoms with Gasteiger partial charge in [-0.05, 0) is 25.1 Å². The van der Waals surface area contributed by atoms with E-state index < -0.39 is 12.1 Å². The molecule has 0 bridgehead atoms. The van der Waals surface area contributed by atoms with Crippen LogP contribution in [0, 0.1) is 6.92 Å². The molecule has 0 saturated heterocycles. The van der Waals surface area contributed by atoms with Gasteiger partial charge in [0.2, 0.25) is 0 Å². The third-order valence-corrected chi connectivity index (χ3v) is 2.95. The highest BCUT2D eigenvalue weighted by molar-refractivity contribution is 5.91. The Hall–Kier alpha value is -3.37. The minimum Gasteiger partial charge on any atom is -0.475 e. The van der Waals surface area contributed by atoms with Crippen molar-refractivity contribution in [3.8, 4) is 11.4 Å². The minimum absolute atomic E-state index is 0.364. The SMILES string of the molecule is Cc1cc(-c2ccc3c(N)nc(N)cc3n2)n[nH]1.O=C(O)C(F)(F)F. The standard InChI is InChI=1S/C12H12N6.C2HF3O2/c1-6-4-10(18-17-6)8-3-2-7-9(15-8)5-11(13)16-12(7)14;3-2(4,5)1(6)7/h2-5H,1H3,(H,17,18)(H4,13,14,16);(H,6,7). The van der Waals surface area contributed by atoms with Crippen molar-refractivity contribution in [2.45, 2.75) is 13.1 Å². The summed E-state index contributed by atoms with van der Waals surface area (Å²) in [4.78, 5) is 17.4. The number of nitrogens with zero attached hydrogens (tertiary/aromatic N) is 3. The number of rotatable bonds is 1. The van der Waals surface area contributed by atoms with E-state index in [1.54, 1.807) is 6.07 Å². The van der Waals surface area contributed by atoms with E-state index in [0.717, 1.165) is 28.0 Å². The number of aromatic amines is 1. The van der Waals surface area contributed by atoms with Crippen molar-refractivity contribution in [1.29, 1.82) is 0 Å². The lowest BCUT2D eigenvalue weighted by Gasteiger charge is -2.04. The fourth-order valence-electron chi connectivity index (χ4n) is 1.87. The number of aliphatic carboxylic acids is 1. The molecule has 0 spiro atoms. The molecule has 0 radical (unpaired) electrons. The van der Waals surface area contributed by atoms with Crippen LogP contribution < -0.4 is 11.5 Å². The lowest BCUT2D eigenvalue weighted by Crippen LogP contribution is -2.21. The number of H-pyrrole nitrogens is 1. The summed E-state index contributed by atoms with van der Waals surface area (Å²) in [6.45, 7) is 1.94. The molecule has 3 aromatic rings. The van der Waals surface area contributed by atoms with Gasteiger partial charge in [0, 0.05) is 17.1 Å². The highest BCUT2D eigenvalue weighted by atomic mass is 19.4. The third kappa shape index (κ3) is 4.34. The molecule has 0 aromatic carbocycles. The summed E-state index contributed by atoms with van der Waals surface area (Å²) >= 11 is 0. The number of aryl methyl sites for hydroxylation is 1. The van der Waals surface area contributed by atoms with Gasteiger partial charge in [0.05, 0.1) is 11.2 Å². The Balaban J connectivity index is 0.000000277. The molecule has 3 heterocycles. The Kier molecular flexibility index (Phi) is 4.77. The fraction of sp³-hybridized carbons (Fsp3) is 0.143. The number of nitrogens with two attached hydrogens (primary N) is 2. The van der Waals surface area contributed by atoms with Crippen molar-refractivity contribution in [3.05, 3.63) is 30.0 Å². The minimum atomic E-state index is -5.08. The van der Waals surface area contributed by atoms with E-state index in [1.807, 2.05) is 25.1 Å². The first-order valence-electron chi connectivity index (χ1n) is 6.73. The molecular weight excluding hydrogens is 341 g/mol. The average molecular weight is 354 g/mol. The van der Waals surface area contributed by atoms with E-state index in [4.69, 9.17) is 21.4 Å². The number of fused-ring (bicyclic) bond motifs is 1. The van der Waals surface area contributed by atoms with Gasteiger partial charge in [-0.1, -0.05) is 0 Å². The summed E-state index contributed by atoms with van der Waals surface area (Å²) in [6, 6.07) is 7.38. The highest BCUT2D eigenvalue weighted by Crippen LogP contribution is 2.24. The molecule has 0 aliphatic heterocycles. The van der Waals surface area contributed by atoms with Crippen molar-refractivity contribution in [1.82, 2.24) is 20.2 Å². The number of hydrogen-bond acceptors (Lipinski definition) is 6. The number of pyridine rings is 2. The van der Waals surface area contributed by atoms with Crippen LogP contribution >= 0.6 is 0 Å². The molecule has 0 unspecified atom stereocenters. The molecule has 25 heavy (non-hydrogen) atoms. The first-order valence-corrected chi connectivity index (χ1v) is 6.73.